The molecule has 0 saturated carbocycles. The van der Waals surface area contributed by atoms with E-state index in [1.165, 1.54) is 0 Å². The molecule has 0 radical (unpaired) electrons. The van der Waals surface area contributed by atoms with Crippen LogP contribution in [0.2, 0.25) is 0 Å². The summed E-state index contributed by atoms with van der Waals surface area (Å²) in [4.78, 5) is 13.9. The fourth-order valence-electron chi connectivity index (χ4n) is 3.13. The lowest BCUT2D eigenvalue weighted by molar-refractivity contribution is 0.397. The van der Waals surface area contributed by atoms with Gasteiger partial charge in [-0.25, -0.2) is 15.0 Å². The Morgan fingerprint density at radius 2 is 1.83 bits per heavy atom. The summed E-state index contributed by atoms with van der Waals surface area (Å²) < 4.78 is 5.48. The van der Waals surface area contributed by atoms with Crippen molar-refractivity contribution in [2.75, 3.05) is 7.11 Å². The first-order chi connectivity index (χ1) is 14.4. The zero-order valence-electron chi connectivity index (χ0n) is 18.0. The predicted octanol–water partition coefficient (Wildman–Crippen LogP) is 6.58. The molecule has 0 aliphatic heterocycles. The van der Waals surface area contributed by atoms with E-state index in [1.54, 1.807) is 30.6 Å². The first-order valence-electron chi connectivity index (χ1n) is 9.78. The van der Waals surface area contributed by atoms with Crippen molar-refractivity contribution in [3.63, 3.8) is 0 Å². The zero-order valence-corrected chi connectivity index (χ0v) is 18.8. The SMILES string of the molecule is C=Cc1nc(OC)c(-c2cccc(/C=C/CC(C)(C)c3csc(C)n3)c2)nc1C=C. The molecule has 0 aliphatic rings. The van der Waals surface area contributed by atoms with E-state index in [0.717, 1.165) is 28.2 Å². The maximum absolute atomic E-state index is 5.48. The van der Waals surface area contributed by atoms with Gasteiger partial charge in [0.05, 0.1) is 29.2 Å². The Bertz CT molecular complexity index is 1100. The molecular weight excluding hydrogens is 390 g/mol. The first-order valence-corrected chi connectivity index (χ1v) is 10.7. The Morgan fingerprint density at radius 3 is 2.47 bits per heavy atom. The molecule has 0 saturated heterocycles. The van der Waals surface area contributed by atoms with Crippen LogP contribution in [0.3, 0.4) is 0 Å². The van der Waals surface area contributed by atoms with E-state index in [2.05, 4.69) is 66.6 Å². The number of hydrogen-bond donors (Lipinski definition) is 0. The summed E-state index contributed by atoms with van der Waals surface area (Å²) in [5.41, 5.74) is 5.19. The van der Waals surface area contributed by atoms with Crippen LogP contribution in [-0.4, -0.2) is 22.1 Å². The van der Waals surface area contributed by atoms with Gasteiger partial charge in [-0.2, -0.15) is 0 Å². The van der Waals surface area contributed by atoms with E-state index in [1.807, 2.05) is 19.1 Å². The van der Waals surface area contributed by atoms with Crippen LogP contribution < -0.4 is 4.74 Å². The lowest BCUT2D eigenvalue weighted by Crippen LogP contribution is -2.16. The minimum absolute atomic E-state index is 0.00700. The predicted molar refractivity (Wildman–Crippen MR) is 128 cm³/mol. The van der Waals surface area contributed by atoms with Crippen LogP contribution in [0.1, 0.15) is 47.9 Å². The molecule has 0 N–H and O–H groups in total. The maximum atomic E-state index is 5.48. The van der Waals surface area contributed by atoms with Gasteiger partial charge >= 0.3 is 0 Å². The van der Waals surface area contributed by atoms with E-state index >= 15 is 0 Å². The molecule has 0 amide bonds. The van der Waals surface area contributed by atoms with Gasteiger partial charge < -0.3 is 4.74 Å². The van der Waals surface area contributed by atoms with Crippen molar-refractivity contribution >= 4 is 29.6 Å². The number of aryl methyl sites for hydroxylation is 1. The van der Waals surface area contributed by atoms with E-state index in [9.17, 15) is 0 Å². The molecule has 0 bridgehead atoms. The van der Waals surface area contributed by atoms with Gasteiger partial charge in [0, 0.05) is 16.4 Å². The summed E-state index contributed by atoms with van der Waals surface area (Å²) in [6.07, 6.45) is 8.57. The third kappa shape index (κ3) is 4.74. The topological polar surface area (TPSA) is 47.9 Å². The highest BCUT2D eigenvalue weighted by Crippen LogP contribution is 2.31. The van der Waals surface area contributed by atoms with Gasteiger partial charge in [0.15, 0.2) is 0 Å². The van der Waals surface area contributed by atoms with Gasteiger partial charge in [0.1, 0.15) is 5.69 Å². The van der Waals surface area contributed by atoms with Gasteiger partial charge in [-0.1, -0.05) is 57.4 Å². The third-order valence-corrected chi connectivity index (χ3v) is 5.68. The summed E-state index contributed by atoms with van der Waals surface area (Å²) >= 11 is 1.70. The van der Waals surface area contributed by atoms with Crippen LogP contribution in [0.25, 0.3) is 29.5 Å². The summed E-state index contributed by atoms with van der Waals surface area (Å²) in [5, 5.41) is 3.25. The average Bonchev–Trinajstić information content (AvgIpc) is 3.20. The molecule has 0 fully saturated rings. The van der Waals surface area contributed by atoms with Crippen molar-refractivity contribution in [3.05, 3.63) is 76.5 Å². The van der Waals surface area contributed by atoms with Gasteiger partial charge in [0.25, 0.3) is 0 Å². The fraction of sp³-hybridized carbons (Fsp3) is 0.240. The number of hydrogen-bond acceptors (Lipinski definition) is 5. The van der Waals surface area contributed by atoms with E-state index in [-0.39, 0.29) is 5.41 Å². The largest absolute Gasteiger partial charge is 0.479 e. The molecule has 2 heterocycles. The zero-order chi connectivity index (χ0) is 21.7. The fourth-order valence-corrected chi connectivity index (χ4v) is 3.94. The molecule has 2 aromatic heterocycles. The Kier molecular flexibility index (Phi) is 6.63. The number of allylic oxidation sites excluding steroid dienone is 1. The monoisotopic (exact) mass is 417 g/mol. The Hall–Kier alpha value is -3.05. The number of thiazole rings is 1. The van der Waals surface area contributed by atoms with Crippen molar-refractivity contribution in [2.45, 2.75) is 32.6 Å². The van der Waals surface area contributed by atoms with Crippen LogP contribution in [0.15, 0.2) is 48.9 Å². The Labute approximate surface area is 182 Å². The third-order valence-electron chi connectivity index (χ3n) is 4.91. The standard InChI is InChI=1S/C25H27N3OS/c1-7-20-21(8-2)28-24(29-6)23(27-20)19-13-9-11-18(15-19)12-10-14-25(4,5)22-16-30-17(3)26-22/h7-13,15-16H,1-2,14H2,3-6H3/b12-10+. The van der Waals surface area contributed by atoms with Crippen LogP contribution in [-0.2, 0) is 5.41 Å². The van der Waals surface area contributed by atoms with Crippen LogP contribution in [0.5, 0.6) is 5.88 Å². The van der Waals surface area contributed by atoms with Gasteiger partial charge in [-0.15, -0.1) is 11.3 Å². The summed E-state index contributed by atoms with van der Waals surface area (Å²) in [6.45, 7) is 14.1. The molecule has 4 nitrogen and oxygen atoms in total. The molecular formula is C25H27N3OS. The molecule has 3 rings (SSSR count). The molecule has 0 atom stereocenters. The van der Waals surface area contributed by atoms with E-state index in [0.29, 0.717) is 23.0 Å². The molecule has 1 aromatic carbocycles. The molecule has 0 aliphatic carbocycles. The highest BCUT2D eigenvalue weighted by Gasteiger charge is 2.21. The minimum Gasteiger partial charge on any atom is -0.479 e. The quantitative estimate of drug-likeness (QED) is 0.415. The second-order valence-corrected chi connectivity index (χ2v) is 8.69. The lowest BCUT2D eigenvalue weighted by Gasteiger charge is -2.20. The number of benzene rings is 1. The summed E-state index contributed by atoms with van der Waals surface area (Å²) in [5.74, 6) is 0.469. The number of aromatic nitrogens is 3. The van der Waals surface area contributed by atoms with Crippen molar-refractivity contribution in [2.24, 2.45) is 0 Å². The van der Waals surface area contributed by atoms with Crippen molar-refractivity contribution in [1.29, 1.82) is 0 Å². The van der Waals surface area contributed by atoms with Crippen LogP contribution >= 0.6 is 11.3 Å². The lowest BCUT2D eigenvalue weighted by atomic mass is 9.86. The normalized spacial score (nSPS) is 11.6. The number of ether oxygens (including phenoxy) is 1. The molecule has 3 aromatic rings. The van der Waals surface area contributed by atoms with Gasteiger partial charge in [0.2, 0.25) is 5.88 Å². The molecule has 0 spiro atoms. The maximum Gasteiger partial charge on any atom is 0.240 e. The van der Waals surface area contributed by atoms with Crippen LogP contribution in [0, 0.1) is 6.92 Å². The number of methoxy groups -OCH3 is 1. The molecule has 30 heavy (non-hydrogen) atoms. The summed E-state index contributed by atoms with van der Waals surface area (Å²) in [7, 11) is 1.60. The van der Waals surface area contributed by atoms with Crippen molar-refractivity contribution in [3.8, 4) is 17.1 Å². The van der Waals surface area contributed by atoms with Crippen molar-refractivity contribution < 1.29 is 4.74 Å². The molecule has 5 heteroatoms. The number of nitrogens with zero attached hydrogens (tertiary/aromatic N) is 3. The summed E-state index contributed by atoms with van der Waals surface area (Å²) in [6, 6.07) is 8.18. The van der Waals surface area contributed by atoms with E-state index < -0.39 is 0 Å². The molecule has 154 valence electrons. The number of rotatable bonds is 8. The average molecular weight is 418 g/mol. The second-order valence-electron chi connectivity index (χ2n) is 7.63. The smallest absolute Gasteiger partial charge is 0.240 e. The van der Waals surface area contributed by atoms with E-state index in [4.69, 9.17) is 9.72 Å². The second kappa shape index (κ2) is 9.18. The Balaban J connectivity index is 1.87. The first kappa shape index (κ1) is 21.7. The molecule has 0 unspecified atom stereocenters. The van der Waals surface area contributed by atoms with Gasteiger partial charge in [-0.3, -0.25) is 0 Å². The highest BCUT2D eigenvalue weighted by molar-refractivity contribution is 7.09. The Morgan fingerprint density at radius 1 is 1.10 bits per heavy atom. The highest BCUT2D eigenvalue weighted by atomic mass is 32.1. The van der Waals surface area contributed by atoms with Gasteiger partial charge in [-0.05, 0) is 37.1 Å². The van der Waals surface area contributed by atoms with Crippen LogP contribution in [0.4, 0.5) is 0 Å². The minimum atomic E-state index is -0.00700. The van der Waals surface area contributed by atoms with Crippen molar-refractivity contribution in [1.82, 2.24) is 15.0 Å².